The highest BCUT2D eigenvalue weighted by Gasteiger charge is 2.23. The van der Waals surface area contributed by atoms with E-state index in [1.165, 1.54) is 18.4 Å². The molecule has 10 heavy (non-hydrogen) atoms. The van der Waals surface area contributed by atoms with Crippen molar-refractivity contribution in [3.05, 3.63) is 24.5 Å². The average molecular weight is 143 g/mol. The first-order valence-corrected chi connectivity index (χ1v) is 2.48. The number of carbonyl (C=O) groups excluding carboxylic acids is 1. The van der Waals surface area contributed by atoms with Gasteiger partial charge in [0.05, 0.1) is 6.26 Å². The number of rotatable bonds is 1. The molecule has 1 rings (SSSR count). The van der Waals surface area contributed by atoms with Gasteiger partial charge in [-0.3, -0.25) is 4.79 Å². The van der Waals surface area contributed by atoms with Crippen molar-refractivity contribution in [2.75, 3.05) is 0 Å². The van der Waals surface area contributed by atoms with Crippen LogP contribution in [0, 0.1) is 0 Å². The molecule has 0 aromatic heterocycles. The fourth-order valence-corrected chi connectivity index (χ4v) is 0.493. The van der Waals surface area contributed by atoms with E-state index < -0.39 is 5.79 Å². The van der Waals surface area contributed by atoms with E-state index in [1.807, 2.05) is 0 Å². The summed E-state index contributed by atoms with van der Waals surface area (Å²) in [4.78, 5) is 10.0. The summed E-state index contributed by atoms with van der Waals surface area (Å²) in [6.45, 7) is 0. The summed E-state index contributed by atoms with van der Waals surface area (Å²) >= 11 is 0. The molecule has 0 fully saturated rings. The predicted molar refractivity (Wildman–Crippen MR) is 35.4 cm³/mol. The zero-order valence-corrected chi connectivity index (χ0v) is 5.36. The van der Waals surface area contributed by atoms with Crippen molar-refractivity contribution < 1.29 is 14.6 Å². The number of hydrogen-bond acceptors (Lipinski definition) is 4. The third kappa shape index (κ3) is 1.68. The standard InChI is InChI=1S/C6H6O3.H3N/c7-5-6(8)3-1-2-4-9-6;/h1-5,8H;1H3. The lowest BCUT2D eigenvalue weighted by molar-refractivity contribution is -0.154. The second kappa shape index (κ2) is 3.14. The Hall–Kier alpha value is -1.13. The van der Waals surface area contributed by atoms with Crippen LogP contribution in [0.15, 0.2) is 24.5 Å². The van der Waals surface area contributed by atoms with Gasteiger partial charge < -0.3 is 16.0 Å². The molecular weight excluding hydrogens is 134 g/mol. The Kier molecular flexibility index (Phi) is 2.79. The Balaban J connectivity index is 0.000000810. The van der Waals surface area contributed by atoms with Crippen LogP contribution >= 0.6 is 0 Å². The van der Waals surface area contributed by atoms with Gasteiger partial charge in [-0.25, -0.2) is 0 Å². The average Bonchev–Trinajstić information content (AvgIpc) is 1.90. The van der Waals surface area contributed by atoms with Gasteiger partial charge in [-0.1, -0.05) is 6.08 Å². The molecule has 4 nitrogen and oxygen atoms in total. The summed E-state index contributed by atoms with van der Waals surface area (Å²) in [5.74, 6) is -1.73. The Morgan fingerprint density at radius 1 is 1.50 bits per heavy atom. The van der Waals surface area contributed by atoms with Crippen molar-refractivity contribution in [3.8, 4) is 0 Å². The first kappa shape index (κ1) is 8.87. The summed E-state index contributed by atoms with van der Waals surface area (Å²) in [6, 6.07) is 0. The summed E-state index contributed by atoms with van der Waals surface area (Å²) in [6.07, 6.45) is 5.97. The normalized spacial score (nSPS) is 28.5. The lowest BCUT2D eigenvalue weighted by Crippen LogP contribution is -2.30. The topological polar surface area (TPSA) is 81.5 Å². The maximum atomic E-state index is 10.0. The molecule has 0 aromatic rings. The number of aldehydes is 1. The molecule has 4 N–H and O–H groups in total. The van der Waals surface area contributed by atoms with Gasteiger partial charge in [0, 0.05) is 0 Å². The molecule has 0 aliphatic carbocycles. The van der Waals surface area contributed by atoms with Crippen LogP contribution in [0.2, 0.25) is 0 Å². The number of hydrogen-bond donors (Lipinski definition) is 2. The second-order valence-electron chi connectivity index (χ2n) is 1.68. The summed E-state index contributed by atoms with van der Waals surface area (Å²) in [7, 11) is 0. The molecule has 4 heteroatoms. The highest BCUT2D eigenvalue weighted by Crippen LogP contribution is 2.09. The predicted octanol–water partition coefficient (Wildman–Crippen LogP) is 0.136. The molecule has 1 aliphatic heterocycles. The minimum atomic E-state index is -1.73. The Morgan fingerprint density at radius 2 is 2.20 bits per heavy atom. The molecule has 0 bridgehead atoms. The smallest absolute Gasteiger partial charge is 0.284 e. The lowest BCUT2D eigenvalue weighted by atomic mass is 10.2. The quantitative estimate of drug-likeness (QED) is 0.511. The van der Waals surface area contributed by atoms with Gasteiger partial charge in [-0.15, -0.1) is 0 Å². The monoisotopic (exact) mass is 143 g/mol. The van der Waals surface area contributed by atoms with Gasteiger partial charge in [0.25, 0.3) is 5.79 Å². The van der Waals surface area contributed by atoms with Crippen molar-refractivity contribution in [3.63, 3.8) is 0 Å². The largest absolute Gasteiger partial charge is 0.459 e. The first-order valence-electron chi connectivity index (χ1n) is 2.48. The third-order valence-electron chi connectivity index (χ3n) is 0.950. The molecule has 56 valence electrons. The Morgan fingerprint density at radius 3 is 2.50 bits per heavy atom. The zero-order valence-electron chi connectivity index (χ0n) is 5.36. The third-order valence-corrected chi connectivity index (χ3v) is 0.950. The number of allylic oxidation sites excluding steroid dienone is 2. The van der Waals surface area contributed by atoms with Crippen molar-refractivity contribution in [2.45, 2.75) is 5.79 Å². The van der Waals surface area contributed by atoms with Crippen molar-refractivity contribution in [2.24, 2.45) is 0 Å². The number of carbonyl (C=O) groups is 1. The van der Waals surface area contributed by atoms with Crippen LogP contribution in [0.5, 0.6) is 0 Å². The molecule has 0 saturated carbocycles. The fraction of sp³-hybridized carbons (Fsp3) is 0.167. The summed E-state index contributed by atoms with van der Waals surface area (Å²) < 4.78 is 4.53. The molecule has 1 unspecified atom stereocenters. The molecule has 0 saturated heterocycles. The maximum absolute atomic E-state index is 10.0. The first-order chi connectivity index (χ1) is 4.27. The van der Waals surface area contributed by atoms with E-state index in [4.69, 9.17) is 5.11 Å². The molecule has 1 aliphatic rings. The molecule has 1 atom stereocenters. The summed E-state index contributed by atoms with van der Waals surface area (Å²) in [5.41, 5.74) is 0. The second-order valence-corrected chi connectivity index (χ2v) is 1.68. The highest BCUT2D eigenvalue weighted by molar-refractivity contribution is 5.63. The van der Waals surface area contributed by atoms with Crippen molar-refractivity contribution in [1.29, 1.82) is 0 Å². The van der Waals surface area contributed by atoms with Crippen LogP contribution in [0.25, 0.3) is 0 Å². The molecule has 0 aromatic carbocycles. The molecule has 0 spiro atoms. The van der Waals surface area contributed by atoms with E-state index in [9.17, 15) is 4.79 Å². The molecule has 0 amide bonds. The van der Waals surface area contributed by atoms with E-state index >= 15 is 0 Å². The number of ether oxygens (including phenoxy) is 1. The van der Waals surface area contributed by atoms with E-state index in [1.54, 1.807) is 6.08 Å². The summed E-state index contributed by atoms with van der Waals surface area (Å²) in [5, 5.41) is 8.95. The zero-order chi connectivity index (χ0) is 6.74. The van der Waals surface area contributed by atoms with Crippen LogP contribution in [-0.4, -0.2) is 17.2 Å². The van der Waals surface area contributed by atoms with Gasteiger partial charge in [-0.05, 0) is 12.2 Å². The lowest BCUT2D eigenvalue weighted by Gasteiger charge is -2.17. The van der Waals surface area contributed by atoms with Gasteiger partial charge in [0.2, 0.25) is 0 Å². The van der Waals surface area contributed by atoms with E-state index in [0.717, 1.165) is 0 Å². The molecular formula is C6H9NO3. The van der Waals surface area contributed by atoms with Gasteiger partial charge in [0.15, 0.2) is 6.29 Å². The van der Waals surface area contributed by atoms with Crippen molar-refractivity contribution >= 4 is 6.29 Å². The minimum absolute atomic E-state index is 0. The van der Waals surface area contributed by atoms with E-state index in [-0.39, 0.29) is 6.15 Å². The molecule has 1 heterocycles. The molecule has 0 radical (unpaired) electrons. The van der Waals surface area contributed by atoms with Gasteiger partial charge in [0.1, 0.15) is 0 Å². The van der Waals surface area contributed by atoms with Crippen LogP contribution in [0.3, 0.4) is 0 Å². The van der Waals surface area contributed by atoms with Crippen molar-refractivity contribution in [1.82, 2.24) is 6.15 Å². The van der Waals surface area contributed by atoms with E-state index in [0.29, 0.717) is 6.29 Å². The Bertz CT molecular complexity index is 176. The minimum Gasteiger partial charge on any atom is -0.459 e. The van der Waals surface area contributed by atoms with Crippen LogP contribution in [0.4, 0.5) is 0 Å². The fourth-order valence-electron chi connectivity index (χ4n) is 0.493. The van der Waals surface area contributed by atoms with Gasteiger partial charge >= 0.3 is 0 Å². The Labute approximate surface area is 58.4 Å². The van der Waals surface area contributed by atoms with Crippen LogP contribution < -0.4 is 6.15 Å². The van der Waals surface area contributed by atoms with E-state index in [2.05, 4.69) is 4.74 Å². The van der Waals surface area contributed by atoms with Crippen LogP contribution in [0.1, 0.15) is 0 Å². The SMILES string of the molecule is N.O=CC1(O)C=CC=CO1. The van der Waals surface area contributed by atoms with Gasteiger partial charge in [-0.2, -0.15) is 0 Å². The maximum Gasteiger partial charge on any atom is 0.284 e. The van der Waals surface area contributed by atoms with Crippen LogP contribution in [-0.2, 0) is 9.53 Å². The highest BCUT2D eigenvalue weighted by atomic mass is 16.6. The number of aliphatic hydroxyl groups is 1.